The van der Waals surface area contributed by atoms with Crippen molar-refractivity contribution >= 4 is 16.9 Å². The van der Waals surface area contributed by atoms with Gasteiger partial charge in [-0.15, -0.1) is 0 Å². The molecule has 0 aliphatic heterocycles. The van der Waals surface area contributed by atoms with E-state index in [4.69, 9.17) is 5.73 Å². The molecule has 3 N–H and O–H groups in total. The topological polar surface area (TPSA) is 81.1 Å². The summed E-state index contributed by atoms with van der Waals surface area (Å²) in [7, 11) is 0. The van der Waals surface area contributed by atoms with E-state index in [-0.39, 0.29) is 5.75 Å². The minimum atomic E-state index is -0.498. The van der Waals surface area contributed by atoms with Gasteiger partial charge in [-0.25, -0.2) is 4.98 Å². The van der Waals surface area contributed by atoms with Crippen molar-refractivity contribution in [2.24, 2.45) is 5.73 Å². The number of phenolic OH excluding ortho intramolecular Hbond substituents is 1. The number of nitrogens with zero attached hydrogens (tertiary/aromatic N) is 2. The Bertz CT molecular complexity index is 865. The first-order valence-corrected chi connectivity index (χ1v) is 6.56. The van der Waals surface area contributed by atoms with Gasteiger partial charge < -0.3 is 10.8 Å². The molecule has 0 atom stereocenters. The molecule has 5 heteroatoms. The number of amides is 1. The van der Waals surface area contributed by atoms with E-state index in [0.29, 0.717) is 16.6 Å². The fourth-order valence-corrected chi connectivity index (χ4v) is 2.62. The SMILES string of the molecule is Cc1ccc(O)c(C)c1-n1cc(C(N)=O)c2cccnc21. The van der Waals surface area contributed by atoms with Gasteiger partial charge in [0.15, 0.2) is 0 Å². The van der Waals surface area contributed by atoms with Crippen molar-refractivity contribution in [2.75, 3.05) is 0 Å². The summed E-state index contributed by atoms with van der Waals surface area (Å²) in [5.74, 6) is -0.295. The third-order valence-electron chi connectivity index (χ3n) is 3.67. The number of benzene rings is 1. The Hall–Kier alpha value is -2.82. The second kappa shape index (κ2) is 4.63. The Balaban J connectivity index is 2.42. The summed E-state index contributed by atoms with van der Waals surface area (Å²) in [4.78, 5) is 16.0. The lowest BCUT2D eigenvalue weighted by atomic mass is 10.1. The lowest BCUT2D eigenvalue weighted by Gasteiger charge is -2.13. The highest BCUT2D eigenvalue weighted by molar-refractivity contribution is 6.05. The van der Waals surface area contributed by atoms with Crippen molar-refractivity contribution in [1.29, 1.82) is 0 Å². The Morgan fingerprint density at radius 2 is 2.05 bits per heavy atom. The molecule has 0 aliphatic carbocycles. The maximum absolute atomic E-state index is 11.6. The largest absolute Gasteiger partial charge is 0.508 e. The van der Waals surface area contributed by atoms with Crippen LogP contribution in [0, 0.1) is 13.8 Å². The smallest absolute Gasteiger partial charge is 0.250 e. The number of carbonyl (C=O) groups is 1. The molecular formula is C16H15N3O2. The zero-order valence-electron chi connectivity index (χ0n) is 11.8. The van der Waals surface area contributed by atoms with Crippen LogP contribution in [0.2, 0.25) is 0 Å². The number of fused-ring (bicyclic) bond motifs is 1. The third kappa shape index (κ3) is 1.94. The minimum Gasteiger partial charge on any atom is -0.508 e. The summed E-state index contributed by atoms with van der Waals surface area (Å²) >= 11 is 0. The Morgan fingerprint density at radius 1 is 1.29 bits per heavy atom. The van der Waals surface area contributed by atoms with Crippen LogP contribution in [0.3, 0.4) is 0 Å². The number of hydrogen-bond donors (Lipinski definition) is 2. The molecule has 3 rings (SSSR count). The summed E-state index contributed by atoms with van der Waals surface area (Å²) in [6, 6.07) is 7.06. The predicted octanol–water partition coefficient (Wildman–Crippen LogP) is 2.45. The van der Waals surface area contributed by atoms with Gasteiger partial charge in [0.25, 0.3) is 5.91 Å². The second-order valence-corrected chi connectivity index (χ2v) is 5.03. The predicted molar refractivity (Wildman–Crippen MR) is 80.7 cm³/mol. The van der Waals surface area contributed by atoms with Gasteiger partial charge in [0.05, 0.1) is 11.3 Å². The molecule has 2 heterocycles. The fourth-order valence-electron chi connectivity index (χ4n) is 2.62. The van der Waals surface area contributed by atoms with Gasteiger partial charge >= 0.3 is 0 Å². The van der Waals surface area contributed by atoms with E-state index in [0.717, 1.165) is 16.8 Å². The first kappa shape index (κ1) is 13.2. The normalized spacial score (nSPS) is 11.0. The maximum Gasteiger partial charge on any atom is 0.250 e. The third-order valence-corrected chi connectivity index (χ3v) is 3.67. The molecule has 0 bridgehead atoms. The van der Waals surface area contributed by atoms with E-state index in [1.54, 1.807) is 29.1 Å². The average molecular weight is 281 g/mol. The van der Waals surface area contributed by atoms with Crippen molar-refractivity contribution in [3.8, 4) is 11.4 Å². The summed E-state index contributed by atoms with van der Waals surface area (Å²) in [6.07, 6.45) is 3.34. The van der Waals surface area contributed by atoms with Crippen LogP contribution in [0.1, 0.15) is 21.5 Å². The van der Waals surface area contributed by atoms with Crippen LogP contribution < -0.4 is 5.73 Å². The Kier molecular flexibility index (Phi) is 2.90. The number of primary amides is 1. The van der Waals surface area contributed by atoms with Crippen molar-refractivity contribution < 1.29 is 9.90 Å². The van der Waals surface area contributed by atoms with Crippen LogP contribution in [0.4, 0.5) is 0 Å². The highest BCUT2D eigenvalue weighted by Gasteiger charge is 2.17. The molecule has 5 nitrogen and oxygen atoms in total. The van der Waals surface area contributed by atoms with E-state index in [9.17, 15) is 9.90 Å². The minimum absolute atomic E-state index is 0.203. The number of nitrogens with two attached hydrogens (primary N) is 1. The summed E-state index contributed by atoms with van der Waals surface area (Å²) in [5, 5.41) is 10.6. The first-order chi connectivity index (χ1) is 10.0. The molecule has 0 saturated carbocycles. The van der Waals surface area contributed by atoms with Gasteiger partial charge in [-0.2, -0.15) is 0 Å². The highest BCUT2D eigenvalue weighted by Crippen LogP contribution is 2.30. The zero-order valence-corrected chi connectivity index (χ0v) is 11.8. The maximum atomic E-state index is 11.6. The van der Waals surface area contributed by atoms with Crippen molar-refractivity contribution in [1.82, 2.24) is 9.55 Å². The molecule has 0 aliphatic rings. The summed E-state index contributed by atoms with van der Waals surface area (Å²) in [6.45, 7) is 3.77. The van der Waals surface area contributed by atoms with Crippen LogP contribution in [0.5, 0.6) is 5.75 Å². The van der Waals surface area contributed by atoms with Crippen LogP contribution in [0.25, 0.3) is 16.7 Å². The van der Waals surface area contributed by atoms with E-state index in [1.165, 1.54) is 0 Å². The number of aryl methyl sites for hydroxylation is 1. The Morgan fingerprint density at radius 3 is 2.76 bits per heavy atom. The molecule has 2 aromatic heterocycles. The van der Waals surface area contributed by atoms with Crippen LogP contribution in [0.15, 0.2) is 36.7 Å². The molecule has 3 aromatic rings. The number of rotatable bonds is 2. The van der Waals surface area contributed by atoms with Crippen LogP contribution in [-0.4, -0.2) is 20.6 Å². The summed E-state index contributed by atoms with van der Waals surface area (Å²) < 4.78 is 1.81. The quantitative estimate of drug-likeness (QED) is 0.757. The number of hydrogen-bond acceptors (Lipinski definition) is 3. The number of phenols is 1. The molecule has 1 amide bonds. The lowest BCUT2D eigenvalue weighted by molar-refractivity contribution is 0.100. The number of aromatic nitrogens is 2. The fraction of sp³-hybridized carbons (Fsp3) is 0.125. The number of aromatic hydroxyl groups is 1. The molecule has 0 saturated heterocycles. The van der Waals surface area contributed by atoms with Gasteiger partial charge in [-0.1, -0.05) is 6.07 Å². The number of pyridine rings is 1. The molecule has 1 aromatic carbocycles. The van der Waals surface area contributed by atoms with E-state index in [1.807, 2.05) is 26.0 Å². The zero-order chi connectivity index (χ0) is 15.1. The Labute approximate surface area is 121 Å². The molecule has 0 fully saturated rings. The van der Waals surface area contributed by atoms with Crippen molar-refractivity contribution in [2.45, 2.75) is 13.8 Å². The highest BCUT2D eigenvalue weighted by atomic mass is 16.3. The van der Waals surface area contributed by atoms with Crippen molar-refractivity contribution in [3.05, 3.63) is 53.3 Å². The molecule has 0 radical (unpaired) electrons. The number of carbonyl (C=O) groups excluding carboxylic acids is 1. The van der Waals surface area contributed by atoms with Gasteiger partial charge in [-0.05, 0) is 37.6 Å². The molecule has 21 heavy (non-hydrogen) atoms. The van der Waals surface area contributed by atoms with E-state index >= 15 is 0 Å². The monoisotopic (exact) mass is 281 g/mol. The van der Waals surface area contributed by atoms with Gasteiger partial charge in [0.2, 0.25) is 0 Å². The van der Waals surface area contributed by atoms with E-state index < -0.39 is 5.91 Å². The standard InChI is InChI=1S/C16H15N3O2/c1-9-5-6-13(20)10(2)14(9)19-8-12(15(17)21)11-4-3-7-18-16(11)19/h3-8,20H,1-2H3,(H2,17,21). The van der Waals surface area contributed by atoms with Gasteiger partial charge in [0, 0.05) is 23.3 Å². The van der Waals surface area contributed by atoms with Gasteiger partial charge in [-0.3, -0.25) is 9.36 Å². The van der Waals surface area contributed by atoms with Crippen molar-refractivity contribution in [3.63, 3.8) is 0 Å². The molecule has 106 valence electrons. The molecule has 0 spiro atoms. The van der Waals surface area contributed by atoms with E-state index in [2.05, 4.69) is 4.98 Å². The van der Waals surface area contributed by atoms with Crippen LogP contribution >= 0.6 is 0 Å². The molecule has 0 unspecified atom stereocenters. The van der Waals surface area contributed by atoms with Crippen LogP contribution in [-0.2, 0) is 0 Å². The first-order valence-electron chi connectivity index (χ1n) is 6.56. The molecular weight excluding hydrogens is 266 g/mol. The summed E-state index contributed by atoms with van der Waals surface area (Å²) in [5.41, 5.74) is 9.02. The second-order valence-electron chi connectivity index (χ2n) is 5.03. The van der Waals surface area contributed by atoms with Gasteiger partial charge in [0.1, 0.15) is 11.4 Å². The average Bonchev–Trinajstić information content (AvgIpc) is 2.84. The lowest BCUT2D eigenvalue weighted by Crippen LogP contribution is -2.10.